The Labute approximate surface area is 171 Å². The fourth-order valence-corrected chi connectivity index (χ4v) is 4.85. The second kappa shape index (κ2) is 9.56. The fraction of sp³-hybridized carbons (Fsp3) is 0.450. The first kappa shape index (κ1) is 22.4. The molecule has 0 N–H and O–H groups in total. The third-order valence-electron chi connectivity index (χ3n) is 4.70. The van der Waals surface area contributed by atoms with Gasteiger partial charge in [-0.05, 0) is 37.1 Å². The number of ether oxygens (including phenoxy) is 1. The maximum absolute atomic E-state index is 12.4. The van der Waals surface area contributed by atoms with Crippen molar-refractivity contribution in [2.75, 3.05) is 43.7 Å². The highest BCUT2D eigenvalue weighted by Gasteiger charge is 2.34. The predicted molar refractivity (Wildman–Crippen MR) is 110 cm³/mol. The molecule has 1 heterocycles. The van der Waals surface area contributed by atoms with Gasteiger partial charge in [-0.15, -0.1) is 0 Å². The number of rotatable bonds is 7. The van der Waals surface area contributed by atoms with Crippen LogP contribution in [-0.4, -0.2) is 70.0 Å². The highest BCUT2D eigenvalue weighted by atomic mass is 32.2. The smallest absolute Gasteiger partial charge is 0.349 e. The van der Waals surface area contributed by atoms with E-state index in [4.69, 9.17) is 4.74 Å². The molecule has 1 aromatic rings. The fourth-order valence-electron chi connectivity index (χ4n) is 3.12. The molecule has 0 saturated carbocycles. The Hall–Kier alpha value is -2.86. The van der Waals surface area contributed by atoms with Gasteiger partial charge in [0.2, 0.25) is 0 Å². The van der Waals surface area contributed by atoms with Crippen molar-refractivity contribution in [2.45, 2.75) is 19.4 Å². The van der Waals surface area contributed by atoms with Crippen LogP contribution in [0.2, 0.25) is 0 Å². The molecule has 2 rings (SSSR count). The molecule has 1 atom stereocenters. The van der Waals surface area contributed by atoms with Crippen LogP contribution in [0.3, 0.4) is 0 Å². The largest absolute Gasteiger partial charge is 0.451 e. The molecular weight excluding hydrogens is 394 g/mol. The number of hydrogen-bond acceptors (Lipinski definition) is 7. The van der Waals surface area contributed by atoms with Crippen LogP contribution in [0.5, 0.6) is 0 Å². The molecule has 1 fully saturated rings. The van der Waals surface area contributed by atoms with Crippen LogP contribution in [0.25, 0.3) is 6.08 Å². The Morgan fingerprint density at radius 1 is 1.28 bits per heavy atom. The topological polar surface area (TPSA) is 108 Å². The van der Waals surface area contributed by atoms with Crippen LogP contribution in [0, 0.1) is 11.3 Å². The predicted octanol–water partition coefficient (Wildman–Crippen LogP) is 1.24. The number of carbonyl (C=O) groups excluding carboxylic acids is 2. The van der Waals surface area contributed by atoms with Crippen LogP contribution < -0.4 is 4.90 Å². The average Bonchev–Trinajstić information content (AvgIpc) is 3.04. The molecule has 29 heavy (non-hydrogen) atoms. The van der Waals surface area contributed by atoms with Crippen molar-refractivity contribution in [3.05, 3.63) is 35.4 Å². The van der Waals surface area contributed by atoms with Gasteiger partial charge in [0.15, 0.2) is 16.4 Å². The number of nitriles is 1. The number of anilines is 1. The third kappa shape index (κ3) is 6.06. The van der Waals surface area contributed by atoms with Gasteiger partial charge in [-0.2, -0.15) is 5.26 Å². The minimum Gasteiger partial charge on any atom is -0.451 e. The van der Waals surface area contributed by atoms with Gasteiger partial charge in [0.25, 0.3) is 5.91 Å². The van der Waals surface area contributed by atoms with Gasteiger partial charge >= 0.3 is 5.97 Å². The Bertz CT molecular complexity index is 930. The maximum atomic E-state index is 12.4. The first-order valence-corrected chi connectivity index (χ1v) is 11.0. The summed E-state index contributed by atoms with van der Waals surface area (Å²) in [6.07, 6.45) is 1.77. The zero-order chi connectivity index (χ0) is 21.6. The second-order valence-electron chi connectivity index (χ2n) is 6.97. The lowest BCUT2D eigenvalue weighted by Crippen LogP contribution is -2.43. The molecule has 1 saturated heterocycles. The average molecular weight is 420 g/mol. The minimum atomic E-state index is -3.13. The van der Waals surface area contributed by atoms with E-state index in [9.17, 15) is 23.3 Å². The summed E-state index contributed by atoms with van der Waals surface area (Å²) in [6, 6.07) is 8.63. The Balaban J connectivity index is 2.00. The molecule has 9 heteroatoms. The highest BCUT2D eigenvalue weighted by molar-refractivity contribution is 7.91. The van der Waals surface area contributed by atoms with E-state index in [1.54, 1.807) is 25.1 Å². The molecule has 1 aliphatic heterocycles. The number of sulfone groups is 1. The molecule has 0 unspecified atom stereocenters. The summed E-state index contributed by atoms with van der Waals surface area (Å²) in [5.74, 6) is -1.40. The molecule has 8 nitrogen and oxygen atoms in total. The van der Waals surface area contributed by atoms with E-state index >= 15 is 0 Å². The lowest BCUT2D eigenvalue weighted by atomic mass is 10.1. The summed E-state index contributed by atoms with van der Waals surface area (Å²) in [4.78, 5) is 27.9. The summed E-state index contributed by atoms with van der Waals surface area (Å²) >= 11 is 0. The van der Waals surface area contributed by atoms with Crippen LogP contribution in [0.1, 0.15) is 18.9 Å². The number of amides is 1. The van der Waals surface area contributed by atoms with Gasteiger partial charge in [0.05, 0.1) is 11.5 Å². The monoisotopic (exact) mass is 419 g/mol. The van der Waals surface area contributed by atoms with E-state index in [1.165, 1.54) is 11.0 Å². The SMILES string of the molecule is CCN(C(=O)COC(=O)/C(C#N)=C/c1ccc(N(C)C)cc1)[C@@H]1CCS(=O)(=O)C1. The number of nitrogens with zero attached hydrogens (tertiary/aromatic N) is 3. The van der Waals surface area contributed by atoms with Crippen LogP contribution >= 0.6 is 0 Å². The van der Waals surface area contributed by atoms with Crippen molar-refractivity contribution in [3.8, 4) is 6.07 Å². The highest BCUT2D eigenvalue weighted by Crippen LogP contribution is 2.18. The molecular formula is C20H25N3O5S. The molecule has 1 amide bonds. The van der Waals surface area contributed by atoms with Gasteiger partial charge in [-0.3, -0.25) is 4.79 Å². The first-order valence-electron chi connectivity index (χ1n) is 9.23. The van der Waals surface area contributed by atoms with Crippen molar-refractivity contribution in [1.82, 2.24) is 4.90 Å². The molecule has 1 aliphatic rings. The number of carbonyl (C=O) groups is 2. The molecule has 0 aromatic heterocycles. The quantitative estimate of drug-likeness (QED) is 0.372. The zero-order valence-corrected chi connectivity index (χ0v) is 17.6. The van der Waals surface area contributed by atoms with Gasteiger partial charge in [-0.25, -0.2) is 13.2 Å². The first-order chi connectivity index (χ1) is 13.7. The number of esters is 1. The van der Waals surface area contributed by atoms with Crippen LogP contribution in [-0.2, 0) is 24.2 Å². The van der Waals surface area contributed by atoms with Gasteiger partial charge in [0, 0.05) is 32.4 Å². The summed E-state index contributed by atoms with van der Waals surface area (Å²) in [7, 11) is 0.674. The lowest BCUT2D eigenvalue weighted by Gasteiger charge is -2.26. The van der Waals surface area contributed by atoms with Crippen molar-refractivity contribution in [2.24, 2.45) is 0 Å². The second-order valence-corrected chi connectivity index (χ2v) is 9.20. The Morgan fingerprint density at radius 2 is 1.93 bits per heavy atom. The lowest BCUT2D eigenvalue weighted by molar-refractivity contribution is -0.149. The summed E-state index contributed by atoms with van der Waals surface area (Å²) in [5, 5.41) is 9.26. The zero-order valence-electron chi connectivity index (χ0n) is 16.8. The molecule has 0 aliphatic carbocycles. The van der Waals surface area contributed by atoms with Crippen molar-refractivity contribution >= 4 is 33.5 Å². The number of likely N-dealkylation sites (N-methyl/N-ethyl adjacent to an activating group) is 1. The Morgan fingerprint density at radius 3 is 2.41 bits per heavy atom. The number of hydrogen-bond donors (Lipinski definition) is 0. The van der Waals surface area contributed by atoms with Crippen LogP contribution in [0.15, 0.2) is 29.8 Å². The van der Waals surface area contributed by atoms with Gasteiger partial charge < -0.3 is 14.5 Å². The Kier molecular flexibility index (Phi) is 7.40. The van der Waals surface area contributed by atoms with E-state index in [1.807, 2.05) is 31.1 Å². The third-order valence-corrected chi connectivity index (χ3v) is 6.45. The molecule has 0 spiro atoms. The number of benzene rings is 1. The van der Waals surface area contributed by atoms with Gasteiger partial charge in [0.1, 0.15) is 11.6 Å². The van der Waals surface area contributed by atoms with Crippen molar-refractivity contribution < 1.29 is 22.7 Å². The minimum absolute atomic E-state index is 0.0508. The standard InChI is InChI=1S/C20H25N3O5S/c1-4-23(18-9-10-29(26,27)14-18)19(24)13-28-20(25)16(12-21)11-15-5-7-17(8-6-15)22(2)3/h5-8,11,18H,4,9-10,13-14H2,1-3H3/b16-11+/t18-/m1/s1. The van der Waals surface area contributed by atoms with Crippen molar-refractivity contribution in [1.29, 1.82) is 5.26 Å². The van der Waals surface area contributed by atoms with Gasteiger partial charge in [-0.1, -0.05) is 12.1 Å². The maximum Gasteiger partial charge on any atom is 0.349 e. The van der Waals surface area contributed by atoms with E-state index in [2.05, 4.69) is 0 Å². The molecule has 0 bridgehead atoms. The van der Waals surface area contributed by atoms with E-state index in [-0.39, 0.29) is 17.1 Å². The van der Waals surface area contributed by atoms with E-state index < -0.39 is 34.4 Å². The normalized spacial score (nSPS) is 18.0. The summed E-state index contributed by atoms with van der Waals surface area (Å²) < 4.78 is 28.3. The van der Waals surface area contributed by atoms with E-state index in [0.717, 1.165) is 5.69 Å². The van der Waals surface area contributed by atoms with E-state index in [0.29, 0.717) is 18.5 Å². The molecule has 0 radical (unpaired) electrons. The molecule has 156 valence electrons. The summed E-state index contributed by atoms with van der Waals surface area (Å²) in [5.41, 5.74) is 1.41. The van der Waals surface area contributed by atoms with Crippen molar-refractivity contribution in [3.63, 3.8) is 0 Å². The summed E-state index contributed by atoms with van der Waals surface area (Å²) in [6.45, 7) is 1.51. The van der Waals surface area contributed by atoms with Crippen LogP contribution in [0.4, 0.5) is 5.69 Å². The molecule has 1 aromatic carbocycles.